The lowest BCUT2D eigenvalue weighted by Crippen LogP contribution is -2.22. The second-order valence-electron chi connectivity index (χ2n) is 13.5. The fourth-order valence-corrected chi connectivity index (χ4v) is 5.67. The summed E-state index contributed by atoms with van der Waals surface area (Å²) >= 11 is 0. The highest BCUT2D eigenvalue weighted by Gasteiger charge is 2.28. The smallest absolute Gasteiger partial charge is 0.0422 e. The molecule has 0 saturated carbocycles. The number of nitrogens with one attached hydrogen (secondary N) is 1. The highest BCUT2D eigenvalue weighted by Crippen LogP contribution is 2.40. The Hall–Kier alpha value is -1.76. The van der Waals surface area contributed by atoms with Gasteiger partial charge in [-0.15, -0.1) is 0 Å². The van der Waals surface area contributed by atoms with Crippen LogP contribution in [0.1, 0.15) is 156 Å². The Kier molecular flexibility index (Phi) is 12.3. The van der Waals surface area contributed by atoms with Crippen molar-refractivity contribution < 1.29 is 0 Å². The molecule has 37 heavy (non-hydrogen) atoms. The summed E-state index contributed by atoms with van der Waals surface area (Å²) in [5.41, 5.74) is 7.41. The Morgan fingerprint density at radius 3 is 1.43 bits per heavy atom. The maximum Gasteiger partial charge on any atom is 0.0422 e. The molecule has 0 saturated heterocycles. The summed E-state index contributed by atoms with van der Waals surface area (Å²) in [5.74, 6) is 0. The minimum Gasteiger partial charge on any atom is -0.355 e. The van der Waals surface area contributed by atoms with Crippen LogP contribution in [-0.2, 0) is 16.2 Å². The zero-order valence-electron chi connectivity index (χ0n) is 26.0. The number of hydrogen-bond donors (Lipinski definition) is 1. The van der Waals surface area contributed by atoms with Gasteiger partial charge in [-0.2, -0.15) is 0 Å². The van der Waals surface area contributed by atoms with E-state index in [2.05, 4.69) is 110 Å². The Morgan fingerprint density at radius 2 is 0.946 bits per heavy atom. The molecule has 0 spiro atoms. The SMILES string of the molecule is CCCCCC(C)(C)c1ccc(Nc2ccc(C(C)(C)CCCCC)cc2C(C)(C)CCCCC)cc1. The van der Waals surface area contributed by atoms with Crippen LogP contribution in [0.5, 0.6) is 0 Å². The van der Waals surface area contributed by atoms with Crippen molar-refractivity contribution in [1.82, 2.24) is 0 Å². The second-order valence-corrected chi connectivity index (χ2v) is 13.5. The van der Waals surface area contributed by atoms with Crippen molar-refractivity contribution in [1.29, 1.82) is 0 Å². The van der Waals surface area contributed by atoms with Gasteiger partial charge < -0.3 is 5.32 Å². The average molecular weight is 506 g/mol. The molecule has 208 valence electrons. The minimum atomic E-state index is 0.133. The Labute approximate surface area is 231 Å². The van der Waals surface area contributed by atoms with Crippen LogP contribution in [-0.4, -0.2) is 0 Å². The molecule has 0 unspecified atom stereocenters. The van der Waals surface area contributed by atoms with Crippen LogP contribution in [0.4, 0.5) is 11.4 Å². The van der Waals surface area contributed by atoms with Gasteiger partial charge in [0.1, 0.15) is 0 Å². The van der Waals surface area contributed by atoms with Gasteiger partial charge >= 0.3 is 0 Å². The largest absolute Gasteiger partial charge is 0.355 e. The van der Waals surface area contributed by atoms with Crippen molar-refractivity contribution in [3.8, 4) is 0 Å². The van der Waals surface area contributed by atoms with Crippen molar-refractivity contribution in [2.24, 2.45) is 0 Å². The summed E-state index contributed by atoms with van der Waals surface area (Å²) in [6.07, 6.45) is 15.4. The molecule has 0 aliphatic heterocycles. The molecule has 2 aromatic carbocycles. The second kappa shape index (κ2) is 14.4. The molecule has 0 heterocycles. The van der Waals surface area contributed by atoms with Crippen LogP contribution in [0.25, 0.3) is 0 Å². The topological polar surface area (TPSA) is 12.0 Å². The summed E-state index contributed by atoms with van der Waals surface area (Å²) in [5, 5.41) is 3.83. The van der Waals surface area contributed by atoms with Crippen LogP contribution in [0, 0.1) is 0 Å². The monoisotopic (exact) mass is 505 g/mol. The highest BCUT2D eigenvalue weighted by molar-refractivity contribution is 5.66. The van der Waals surface area contributed by atoms with Crippen LogP contribution in [0.15, 0.2) is 42.5 Å². The molecule has 0 radical (unpaired) electrons. The van der Waals surface area contributed by atoms with E-state index in [1.807, 2.05) is 0 Å². The molecule has 0 atom stereocenters. The molecular formula is C36H59N. The summed E-state index contributed by atoms with van der Waals surface area (Å²) < 4.78 is 0. The summed E-state index contributed by atoms with van der Waals surface area (Å²) in [6.45, 7) is 21.4. The Bertz CT molecular complexity index is 916. The molecule has 0 bridgehead atoms. The number of unbranched alkanes of at least 4 members (excludes halogenated alkanes) is 6. The molecule has 0 fully saturated rings. The normalized spacial score (nSPS) is 12.7. The van der Waals surface area contributed by atoms with Crippen LogP contribution >= 0.6 is 0 Å². The molecular weight excluding hydrogens is 446 g/mol. The number of anilines is 2. The molecule has 2 rings (SSSR count). The lowest BCUT2D eigenvalue weighted by atomic mass is 9.74. The van der Waals surface area contributed by atoms with Crippen molar-refractivity contribution in [3.63, 3.8) is 0 Å². The van der Waals surface area contributed by atoms with Gasteiger partial charge in [-0.25, -0.2) is 0 Å². The fourth-order valence-electron chi connectivity index (χ4n) is 5.67. The van der Waals surface area contributed by atoms with Gasteiger partial charge in [0.2, 0.25) is 0 Å². The van der Waals surface area contributed by atoms with Gasteiger partial charge in [0, 0.05) is 11.4 Å². The molecule has 0 aromatic heterocycles. The third-order valence-corrected chi connectivity index (χ3v) is 8.69. The number of hydrogen-bond acceptors (Lipinski definition) is 1. The quantitative estimate of drug-likeness (QED) is 0.211. The van der Waals surface area contributed by atoms with Gasteiger partial charge in [0.15, 0.2) is 0 Å². The lowest BCUT2D eigenvalue weighted by Gasteiger charge is -2.32. The molecule has 0 aliphatic rings. The van der Waals surface area contributed by atoms with E-state index in [1.165, 1.54) is 105 Å². The van der Waals surface area contributed by atoms with Crippen LogP contribution < -0.4 is 5.32 Å². The van der Waals surface area contributed by atoms with Gasteiger partial charge in [0.25, 0.3) is 0 Å². The van der Waals surface area contributed by atoms with E-state index in [0.717, 1.165) is 0 Å². The van der Waals surface area contributed by atoms with E-state index in [0.29, 0.717) is 0 Å². The van der Waals surface area contributed by atoms with E-state index >= 15 is 0 Å². The predicted octanol–water partition coefficient (Wildman–Crippen LogP) is 12.0. The number of benzene rings is 2. The van der Waals surface area contributed by atoms with Crippen molar-refractivity contribution in [2.45, 2.75) is 156 Å². The summed E-state index contributed by atoms with van der Waals surface area (Å²) in [7, 11) is 0. The zero-order chi connectivity index (χ0) is 27.5. The van der Waals surface area contributed by atoms with E-state index < -0.39 is 0 Å². The summed E-state index contributed by atoms with van der Waals surface area (Å²) in [4.78, 5) is 0. The first-order valence-corrected chi connectivity index (χ1v) is 15.5. The first-order valence-electron chi connectivity index (χ1n) is 15.5. The lowest BCUT2D eigenvalue weighted by molar-refractivity contribution is 0.438. The molecule has 2 aromatic rings. The maximum atomic E-state index is 3.83. The van der Waals surface area contributed by atoms with Crippen LogP contribution in [0.2, 0.25) is 0 Å². The predicted molar refractivity (Wildman–Crippen MR) is 168 cm³/mol. The molecule has 1 nitrogen and oxygen atoms in total. The third-order valence-electron chi connectivity index (χ3n) is 8.69. The standard InChI is InChI=1S/C36H59N/c1-10-13-16-25-34(4,5)29-19-22-31(23-20-29)37-33-24-21-30(35(6,7)26-17-14-11-2)28-32(33)36(8,9)27-18-15-12-3/h19-24,28,37H,10-18,25-27H2,1-9H3. The Balaban J connectivity index is 2.34. The first kappa shape index (κ1) is 31.5. The minimum absolute atomic E-state index is 0.133. The van der Waals surface area contributed by atoms with E-state index in [9.17, 15) is 0 Å². The van der Waals surface area contributed by atoms with Gasteiger partial charge in [-0.1, -0.05) is 144 Å². The molecule has 0 amide bonds. The maximum absolute atomic E-state index is 3.83. The van der Waals surface area contributed by atoms with Crippen molar-refractivity contribution >= 4 is 11.4 Å². The Morgan fingerprint density at radius 1 is 0.514 bits per heavy atom. The average Bonchev–Trinajstić information content (AvgIpc) is 2.85. The third kappa shape index (κ3) is 9.49. The zero-order valence-corrected chi connectivity index (χ0v) is 26.0. The van der Waals surface area contributed by atoms with E-state index in [1.54, 1.807) is 0 Å². The van der Waals surface area contributed by atoms with Crippen molar-refractivity contribution in [2.75, 3.05) is 5.32 Å². The van der Waals surface area contributed by atoms with Gasteiger partial charge in [-0.3, -0.25) is 0 Å². The van der Waals surface area contributed by atoms with Gasteiger partial charge in [0.05, 0.1) is 0 Å². The summed E-state index contributed by atoms with van der Waals surface area (Å²) in [6, 6.07) is 16.5. The van der Waals surface area contributed by atoms with Gasteiger partial charge in [-0.05, 0) is 70.4 Å². The fraction of sp³-hybridized carbons (Fsp3) is 0.667. The molecule has 1 N–H and O–H groups in total. The highest BCUT2D eigenvalue weighted by atomic mass is 14.9. The first-order chi connectivity index (χ1) is 17.5. The van der Waals surface area contributed by atoms with E-state index in [-0.39, 0.29) is 16.2 Å². The molecule has 1 heteroatoms. The van der Waals surface area contributed by atoms with E-state index in [4.69, 9.17) is 0 Å². The van der Waals surface area contributed by atoms with Crippen molar-refractivity contribution in [3.05, 3.63) is 59.2 Å². The molecule has 0 aliphatic carbocycles. The van der Waals surface area contributed by atoms with Crippen LogP contribution in [0.3, 0.4) is 0 Å². The number of rotatable bonds is 17.